The Kier molecular flexibility index (Phi) is 4.86. The van der Waals surface area contributed by atoms with E-state index in [0.717, 1.165) is 0 Å². The van der Waals surface area contributed by atoms with E-state index in [9.17, 15) is 18.0 Å². The van der Waals surface area contributed by atoms with E-state index < -0.39 is 18.5 Å². The zero-order valence-electron chi connectivity index (χ0n) is 15.6. The van der Waals surface area contributed by atoms with Crippen LogP contribution in [-0.2, 0) is 6.42 Å². The molecular formula is C19H14F3N7O. The summed E-state index contributed by atoms with van der Waals surface area (Å²) in [4.78, 5) is 33.1. The molecular weight excluding hydrogens is 399 g/mol. The Morgan fingerprint density at radius 1 is 1.10 bits per heavy atom. The van der Waals surface area contributed by atoms with E-state index in [4.69, 9.17) is 0 Å². The van der Waals surface area contributed by atoms with Crippen LogP contribution in [0.25, 0.3) is 22.6 Å². The number of aromatic nitrogens is 6. The van der Waals surface area contributed by atoms with Gasteiger partial charge in [-0.25, -0.2) is 19.9 Å². The third-order valence-electron chi connectivity index (χ3n) is 4.29. The van der Waals surface area contributed by atoms with Crippen molar-refractivity contribution in [3.8, 4) is 11.6 Å². The molecule has 0 saturated heterocycles. The molecule has 0 aromatic carbocycles. The fourth-order valence-electron chi connectivity index (χ4n) is 2.97. The summed E-state index contributed by atoms with van der Waals surface area (Å²) < 4.78 is 39.9. The molecule has 30 heavy (non-hydrogen) atoms. The number of carbonyl (C=O) groups is 1. The molecule has 1 amide bonds. The molecule has 0 fully saturated rings. The van der Waals surface area contributed by atoms with Gasteiger partial charge in [0.15, 0.2) is 11.6 Å². The molecule has 0 aliphatic heterocycles. The van der Waals surface area contributed by atoms with Gasteiger partial charge in [0.2, 0.25) is 0 Å². The van der Waals surface area contributed by atoms with Gasteiger partial charge in [-0.1, -0.05) is 0 Å². The van der Waals surface area contributed by atoms with E-state index in [1.54, 1.807) is 25.4 Å². The second kappa shape index (κ2) is 7.50. The van der Waals surface area contributed by atoms with Gasteiger partial charge in [-0.05, 0) is 24.6 Å². The first kappa shape index (κ1) is 19.4. The standard InChI is InChI=1S/C19H14F3N7O/c1-11-13(9-26-17(27-11)16-24-4-2-5-25-16)18(30)28-29-10-12(7-19(20,21)22)14-8-23-6-3-15(14)29/h2-6,8-10H,7H2,1H3,(H,28,30). The lowest BCUT2D eigenvalue weighted by Gasteiger charge is -2.10. The maximum absolute atomic E-state index is 12.9. The highest BCUT2D eigenvalue weighted by Crippen LogP contribution is 2.27. The minimum atomic E-state index is -4.39. The molecule has 4 aromatic rings. The Morgan fingerprint density at radius 2 is 1.87 bits per heavy atom. The van der Waals surface area contributed by atoms with Crippen molar-refractivity contribution in [2.24, 2.45) is 0 Å². The smallest absolute Gasteiger partial charge is 0.267 e. The molecule has 0 unspecified atom stereocenters. The monoisotopic (exact) mass is 413 g/mol. The molecule has 0 aliphatic carbocycles. The zero-order valence-corrected chi connectivity index (χ0v) is 15.6. The fourth-order valence-corrected chi connectivity index (χ4v) is 2.97. The summed E-state index contributed by atoms with van der Waals surface area (Å²) in [6.45, 7) is 1.62. The highest BCUT2D eigenvalue weighted by atomic mass is 19.4. The minimum Gasteiger partial charge on any atom is -0.267 e. The Hall–Kier alpha value is -3.89. The first-order valence-electron chi connectivity index (χ1n) is 8.75. The predicted octanol–water partition coefficient (Wildman–Crippen LogP) is 3.08. The van der Waals surface area contributed by atoms with E-state index in [2.05, 4.69) is 30.3 Å². The fraction of sp³-hybridized carbons (Fsp3) is 0.158. The predicted molar refractivity (Wildman–Crippen MR) is 101 cm³/mol. The van der Waals surface area contributed by atoms with Gasteiger partial charge in [0.05, 0.1) is 23.2 Å². The molecule has 4 aromatic heterocycles. The summed E-state index contributed by atoms with van der Waals surface area (Å²) in [5, 5.41) is 0.305. The van der Waals surface area contributed by atoms with Crippen molar-refractivity contribution in [1.29, 1.82) is 0 Å². The summed E-state index contributed by atoms with van der Waals surface area (Å²) in [7, 11) is 0. The van der Waals surface area contributed by atoms with Crippen molar-refractivity contribution in [3.05, 3.63) is 66.1 Å². The number of nitrogens with zero attached hydrogens (tertiary/aromatic N) is 6. The molecule has 0 spiro atoms. The van der Waals surface area contributed by atoms with Gasteiger partial charge in [0.25, 0.3) is 5.91 Å². The van der Waals surface area contributed by atoms with E-state index in [0.29, 0.717) is 22.4 Å². The van der Waals surface area contributed by atoms with Crippen LogP contribution >= 0.6 is 0 Å². The lowest BCUT2D eigenvalue weighted by molar-refractivity contribution is -0.127. The minimum absolute atomic E-state index is 0.00967. The molecule has 0 aliphatic rings. The molecule has 11 heteroatoms. The highest BCUT2D eigenvalue weighted by molar-refractivity contribution is 6.01. The number of nitrogens with one attached hydrogen (secondary N) is 1. The van der Waals surface area contributed by atoms with Gasteiger partial charge in [0.1, 0.15) is 0 Å². The molecule has 0 saturated carbocycles. The van der Waals surface area contributed by atoms with E-state index in [1.165, 1.54) is 35.5 Å². The summed E-state index contributed by atoms with van der Waals surface area (Å²) in [5.41, 5.74) is 3.53. The number of hydrogen-bond donors (Lipinski definition) is 1. The largest absolute Gasteiger partial charge is 0.393 e. The molecule has 1 N–H and O–H groups in total. The van der Waals surface area contributed by atoms with Crippen LogP contribution in [0.4, 0.5) is 13.2 Å². The van der Waals surface area contributed by atoms with Crippen molar-refractivity contribution in [2.45, 2.75) is 19.5 Å². The van der Waals surface area contributed by atoms with Gasteiger partial charge in [-0.3, -0.25) is 19.9 Å². The second-order valence-corrected chi connectivity index (χ2v) is 6.42. The van der Waals surface area contributed by atoms with Crippen LogP contribution < -0.4 is 5.43 Å². The molecule has 0 atom stereocenters. The first-order chi connectivity index (χ1) is 14.3. The van der Waals surface area contributed by atoms with Crippen molar-refractivity contribution >= 4 is 16.8 Å². The number of pyridine rings is 1. The van der Waals surface area contributed by atoms with Crippen LogP contribution in [0.2, 0.25) is 0 Å². The van der Waals surface area contributed by atoms with Gasteiger partial charge < -0.3 is 0 Å². The SMILES string of the molecule is Cc1nc(-c2ncccn2)ncc1C(=O)Nn1cc(CC(F)(F)F)c2cnccc21. The number of amides is 1. The Labute approximate surface area is 167 Å². The molecule has 4 rings (SSSR count). The molecule has 0 radical (unpaired) electrons. The average Bonchev–Trinajstić information content (AvgIpc) is 3.04. The zero-order chi connectivity index (χ0) is 21.3. The lowest BCUT2D eigenvalue weighted by atomic mass is 10.1. The summed E-state index contributed by atoms with van der Waals surface area (Å²) in [6, 6.07) is 3.18. The molecule has 8 nitrogen and oxygen atoms in total. The van der Waals surface area contributed by atoms with Crippen molar-refractivity contribution in [1.82, 2.24) is 29.6 Å². The number of fused-ring (bicyclic) bond motifs is 1. The Balaban J connectivity index is 1.64. The van der Waals surface area contributed by atoms with E-state index >= 15 is 0 Å². The van der Waals surface area contributed by atoms with Crippen molar-refractivity contribution in [3.63, 3.8) is 0 Å². The third-order valence-corrected chi connectivity index (χ3v) is 4.29. The van der Waals surface area contributed by atoms with Crippen LogP contribution in [0.5, 0.6) is 0 Å². The number of aryl methyl sites for hydroxylation is 1. The third kappa shape index (κ3) is 3.95. The van der Waals surface area contributed by atoms with Crippen LogP contribution in [0.15, 0.2) is 49.3 Å². The van der Waals surface area contributed by atoms with Crippen molar-refractivity contribution < 1.29 is 18.0 Å². The van der Waals surface area contributed by atoms with Gasteiger partial charge >= 0.3 is 6.18 Å². The van der Waals surface area contributed by atoms with Gasteiger partial charge in [-0.15, -0.1) is 0 Å². The number of alkyl halides is 3. The summed E-state index contributed by atoms with van der Waals surface area (Å²) in [5.74, 6) is 0.00292. The average molecular weight is 413 g/mol. The quantitative estimate of drug-likeness (QED) is 0.552. The van der Waals surface area contributed by atoms with E-state index in [-0.39, 0.29) is 17.0 Å². The molecule has 4 heterocycles. The van der Waals surface area contributed by atoms with Gasteiger partial charge in [0, 0.05) is 42.6 Å². The van der Waals surface area contributed by atoms with Crippen LogP contribution in [0.3, 0.4) is 0 Å². The van der Waals surface area contributed by atoms with Gasteiger partial charge in [-0.2, -0.15) is 13.2 Å². The Morgan fingerprint density at radius 3 is 2.57 bits per heavy atom. The van der Waals surface area contributed by atoms with Crippen LogP contribution in [-0.4, -0.2) is 41.7 Å². The highest BCUT2D eigenvalue weighted by Gasteiger charge is 2.30. The summed E-state index contributed by atoms with van der Waals surface area (Å²) >= 11 is 0. The topological polar surface area (TPSA) is 98.5 Å². The maximum atomic E-state index is 12.9. The lowest BCUT2D eigenvalue weighted by Crippen LogP contribution is -2.23. The maximum Gasteiger partial charge on any atom is 0.393 e. The number of halogens is 3. The summed E-state index contributed by atoms with van der Waals surface area (Å²) in [6.07, 6.45) is 2.91. The first-order valence-corrected chi connectivity index (χ1v) is 8.75. The Bertz CT molecular complexity index is 1220. The van der Waals surface area contributed by atoms with Crippen LogP contribution in [0.1, 0.15) is 21.6 Å². The molecule has 0 bridgehead atoms. The number of hydrogen-bond acceptors (Lipinski definition) is 6. The molecule has 152 valence electrons. The van der Waals surface area contributed by atoms with Crippen molar-refractivity contribution in [2.75, 3.05) is 5.43 Å². The number of carbonyl (C=O) groups excluding carboxylic acids is 1. The normalized spacial score (nSPS) is 11.6. The number of rotatable bonds is 4. The van der Waals surface area contributed by atoms with Crippen LogP contribution in [0, 0.1) is 6.92 Å². The second-order valence-electron chi connectivity index (χ2n) is 6.42. The van der Waals surface area contributed by atoms with E-state index in [1.807, 2.05) is 0 Å².